The number of aliphatic hydroxyl groups excluding tert-OH is 1. The molecule has 1 unspecified atom stereocenters. The van der Waals surface area contributed by atoms with Crippen molar-refractivity contribution in [3.05, 3.63) is 34.9 Å². The highest BCUT2D eigenvalue weighted by Gasteiger charge is 2.28. The third kappa shape index (κ3) is 4.58. The standard InChI is InChI=1S/C16H22ClFN2O2/c17-14-4-2-12(3-5-14)15(21)13-6-10-20(11-7-13)16(22)19-9-1-8-18/h2-5,13,15,21H,1,6-11H2,(H,19,22). The summed E-state index contributed by atoms with van der Waals surface area (Å²) in [6.45, 7) is 1.16. The SMILES string of the molecule is O=C(NCCCF)N1CCC(C(O)c2ccc(Cl)cc2)CC1. The molecule has 1 aromatic rings. The van der Waals surface area contributed by atoms with Gasteiger partial charge in [0.05, 0.1) is 12.8 Å². The number of amides is 2. The van der Waals surface area contributed by atoms with Gasteiger partial charge in [-0.05, 0) is 42.9 Å². The van der Waals surface area contributed by atoms with Crippen molar-refractivity contribution < 1.29 is 14.3 Å². The summed E-state index contributed by atoms with van der Waals surface area (Å²) in [6, 6.07) is 7.07. The van der Waals surface area contributed by atoms with Crippen molar-refractivity contribution in [2.45, 2.75) is 25.4 Å². The van der Waals surface area contributed by atoms with E-state index in [4.69, 9.17) is 11.6 Å². The van der Waals surface area contributed by atoms with Crippen LogP contribution in [-0.4, -0.2) is 42.3 Å². The predicted octanol–water partition coefficient (Wildman–Crippen LogP) is 3.15. The van der Waals surface area contributed by atoms with Gasteiger partial charge in [-0.1, -0.05) is 23.7 Å². The number of nitrogens with zero attached hydrogens (tertiary/aromatic N) is 1. The summed E-state index contributed by atoms with van der Waals surface area (Å²) in [7, 11) is 0. The number of carbonyl (C=O) groups is 1. The van der Waals surface area contributed by atoms with Gasteiger partial charge in [-0.3, -0.25) is 4.39 Å². The maximum atomic E-state index is 12.0. The first kappa shape index (κ1) is 17.0. The molecule has 1 aliphatic heterocycles. The van der Waals surface area contributed by atoms with Gasteiger partial charge in [0.25, 0.3) is 0 Å². The lowest BCUT2D eigenvalue weighted by atomic mass is 9.87. The van der Waals surface area contributed by atoms with Gasteiger partial charge in [-0.2, -0.15) is 0 Å². The number of carbonyl (C=O) groups excluding carboxylic acids is 1. The van der Waals surface area contributed by atoms with E-state index in [-0.39, 0.29) is 11.9 Å². The largest absolute Gasteiger partial charge is 0.388 e. The van der Waals surface area contributed by atoms with Crippen LogP contribution in [0.4, 0.5) is 9.18 Å². The molecule has 122 valence electrons. The first-order valence-corrected chi connectivity index (χ1v) is 8.02. The van der Waals surface area contributed by atoms with Gasteiger partial charge in [0, 0.05) is 24.7 Å². The van der Waals surface area contributed by atoms with E-state index in [1.54, 1.807) is 17.0 Å². The summed E-state index contributed by atoms with van der Waals surface area (Å²) in [5.41, 5.74) is 0.857. The number of alkyl halides is 1. The molecule has 2 rings (SSSR count). The van der Waals surface area contributed by atoms with Crippen molar-refractivity contribution in [2.24, 2.45) is 5.92 Å². The molecule has 22 heavy (non-hydrogen) atoms. The van der Waals surface area contributed by atoms with E-state index >= 15 is 0 Å². The summed E-state index contributed by atoms with van der Waals surface area (Å²) >= 11 is 5.85. The fraction of sp³-hybridized carbons (Fsp3) is 0.562. The number of aliphatic hydroxyl groups is 1. The van der Waals surface area contributed by atoms with Crippen molar-refractivity contribution in [1.29, 1.82) is 0 Å². The Kier molecular flexibility index (Phi) is 6.46. The molecule has 2 amide bonds. The second-order valence-electron chi connectivity index (χ2n) is 5.60. The lowest BCUT2D eigenvalue weighted by molar-refractivity contribution is 0.0665. The quantitative estimate of drug-likeness (QED) is 0.816. The lowest BCUT2D eigenvalue weighted by Gasteiger charge is -2.34. The van der Waals surface area contributed by atoms with E-state index in [0.717, 1.165) is 18.4 Å². The van der Waals surface area contributed by atoms with Gasteiger partial charge in [0.15, 0.2) is 0 Å². The Morgan fingerprint density at radius 1 is 1.36 bits per heavy atom. The Hall–Kier alpha value is -1.33. The van der Waals surface area contributed by atoms with Gasteiger partial charge in [0.1, 0.15) is 0 Å². The Bertz CT molecular complexity index is 476. The van der Waals surface area contributed by atoms with Crippen LogP contribution < -0.4 is 5.32 Å². The van der Waals surface area contributed by atoms with Crippen LogP contribution in [0.2, 0.25) is 5.02 Å². The molecule has 1 saturated heterocycles. The molecule has 0 aliphatic carbocycles. The monoisotopic (exact) mass is 328 g/mol. The van der Waals surface area contributed by atoms with E-state index in [9.17, 15) is 14.3 Å². The summed E-state index contributed by atoms with van der Waals surface area (Å²) in [6.07, 6.45) is 1.31. The van der Waals surface area contributed by atoms with E-state index in [1.165, 1.54) is 0 Å². The second kappa shape index (κ2) is 8.34. The minimum Gasteiger partial charge on any atom is -0.388 e. The molecular weight excluding hydrogens is 307 g/mol. The van der Waals surface area contributed by atoms with Crippen molar-refractivity contribution in [2.75, 3.05) is 26.3 Å². The highest BCUT2D eigenvalue weighted by Crippen LogP contribution is 2.31. The molecule has 0 spiro atoms. The molecule has 6 heteroatoms. The van der Waals surface area contributed by atoms with Crippen LogP contribution in [-0.2, 0) is 0 Å². The Labute approximate surface area is 135 Å². The normalized spacial score (nSPS) is 17.3. The van der Waals surface area contributed by atoms with Gasteiger partial charge in [-0.15, -0.1) is 0 Å². The Morgan fingerprint density at radius 3 is 2.59 bits per heavy atom. The fourth-order valence-electron chi connectivity index (χ4n) is 2.72. The van der Waals surface area contributed by atoms with Gasteiger partial charge >= 0.3 is 6.03 Å². The molecule has 1 aliphatic rings. The number of hydrogen-bond donors (Lipinski definition) is 2. The van der Waals surface area contributed by atoms with E-state index in [0.29, 0.717) is 31.1 Å². The number of rotatable bonds is 5. The number of piperidine rings is 1. The molecule has 1 aromatic carbocycles. The lowest BCUT2D eigenvalue weighted by Crippen LogP contribution is -2.45. The van der Waals surface area contributed by atoms with Crippen LogP contribution in [0, 0.1) is 5.92 Å². The van der Waals surface area contributed by atoms with Crippen molar-refractivity contribution >= 4 is 17.6 Å². The van der Waals surface area contributed by atoms with Crippen LogP contribution in [0.25, 0.3) is 0 Å². The van der Waals surface area contributed by atoms with Crippen molar-refractivity contribution in [3.63, 3.8) is 0 Å². The van der Waals surface area contributed by atoms with Gasteiger partial charge < -0.3 is 15.3 Å². The Morgan fingerprint density at radius 2 is 2.00 bits per heavy atom. The maximum absolute atomic E-state index is 12.0. The third-order valence-electron chi connectivity index (χ3n) is 4.07. The minimum atomic E-state index is -0.533. The molecule has 1 heterocycles. The van der Waals surface area contributed by atoms with Crippen LogP contribution in [0.5, 0.6) is 0 Å². The zero-order valence-electron chi connectivity index (χ0n) is 12.5. The fourth-order valence-corrected chi connectivity index (χ4v) is 2.85. The average molecular weight is 329 g/mol. The molecule has 4 nitrogen and oxygen atoms in total. The minimum absolute atomic E-state index is 0.135. The number of benzene rings is 1. The number of hydrogen-bond acceptors (Lipinski definition) is 2. The van der Waals surface area contributed by atoms with Crippen LogP contribution >= 0.6 is 11.6 Å². The highest BCUT2D eigenvalue weighted by atomic mass is 35.5. The van der Waals surface area contributed by atoms with Crippen LogP contribution in [0.15, 0.2) is 24.3 Å². The van der Waals surface area contributed by atoms with E-state index < -0.39 is 12.8 Å². The van der Waals surface area contributed by atoms with Crippen LogP contribution in [0.3, 0.4) is 0 Å². The topological polar surface area (TPSA) is 52.6 Å². The summed E-state index contributed by atoms with van der Waals surface area (Å²) in [5.74, 6) is 0.135. The number of urea groups is 1. The Balaban J connectivity index is 1.81. The van der Waals surface area contributed by atoms with Crippen LogP contribution in [0.1, 0.15) is 30.9 Å². The van der Waals surface area contributed by atoms with Gasteiger partial charge in [-0.25, -0.2) is 4.79 Å². The summed E-state index contributed by atoms with van der Waals surface area (Å²) < 4.78 is 12.0. The molecular formula is C16H22ClFN2O2. The molecule has 0 bridgehead atoms. The maximum Gasteiger partial charge on any atom is 0.317 e. The van der Waals surface area contributed by atoms with Crippen molar-refractivity contribution in [1.82, 2.24) is 10.2 Å². The van der Waals surface area contributed by atoms with E-state index in [1.807, 2.05) is 12.1 Å². The number of halogens is 2. The average Bonchev–Trinajstić information content (AvgIpc) is 2.55. The molecule has 0 radical (unpaired) electrons. The third-order valence-corrected chi connectivity index (χ3v) is 4.32. The smallest absolute Gasteiger partial charge is 0.317 e. The number of likely N-dealkylation sites (tertiary alicyclic amines) is 1. The second-order valence-corrected chi connectivity index (χ2v) is 6.03. The summed E-state index contributed by atoms with van der Waals surface area (Å²) in [4.78, 5) is 13.6. The first-order valence-electron chi connectivity index (χ1n) is 7.64. The van der Waals surface area contributed by atoms with Gasteiger partial charge in [0.2, 0.25) is 0 Å². The first-order chi connectivity index (χ1) is 10.6. The predicted molar refractivity (Wildman–Crippen MR) is 84.7 cm³/mol. The molecule has 0 aromatic heterocycles. The van der Waals surface area contributed by atoms with E-state index in [2.05, 4.69) is 5.32 Å². The molecule has 1 fully saturated rings. The zero-order chi connectivity index (χ0) is 15.9. The van der Waals surface area contributed by atoms with Crippen molar-refractivity contribution in [3.8, 4) is 0 Å². The zero-order valence-corrected chi connectivity index (χ0v) is 13.2. The number of nitrogens with one attached hydrogen (secondary N) is 1. The highest BCUT2D eigenvalue weighted by molar-refractivity contribution is 6.30. The molecule has 2 N–H and O–H groups in total. The molecule has 1 atom stereocenters. The summed E-state index contributed by atoms with van der Waals surface area (Å²) in [5, 5.41) is 13.8. The molecule has 0 saturated carbocycles.